The third-order valence-corrected chi connectivity index (χ3v) is 4.48. The van der Waals surface area contributed by atoms with Crippen LogP contribution in [0.5, 0.6) is 5.75 Å². The van der Waals surface area contributed by atoms with Crippen LogP contribution in [0.2, 0.25) is 0 Å². The topological polar surface area (TPSA) is 116 Å². The first-order valence-corrected chi connectivity index (χ1v) is 11.8. The van der Waals surface area contributed by atoms with Crippen molar-refractivity contribution in [1.29, 1.82) is 0 Å². The van der Waals surface area contributed by atoms with Crippen LogP contribution in [0.3, 0.4) is 0 Å². The first kappa shape index (κ1) is 31.7. The molecule has 7 N–H and O–H groups in total. The normalized spacial score (nSPS) is 10.8. The number of nitrogens with two attached hydrogens (primary N) is 3. The van der Waals surface area contributed by atoms with Crippen LogP contribution in [-0.4, -0.2) is 19.1 Å². The van der Waals surface area contributed by atoms with Gasteiger partial charge in [-0.05, 0) is 48.0 Å². The van der Waals surface area contributed by atoms with E-state index in [4.69, 9.17) is 33.5 Å². The highest BCUT2D eigenvalue weighted by Crippen LogP contribution is 2.14. The lowest BCUT2D eigenvalue weighted by molar-refractivity contribution is -0.118. The first-order chi connectivity index (χ1) is 16.7. The van der Waals surface area contributed by atoms with E-state index in [1.54, 1.807) is 0 Å². The van der Waals surface area contributed by atoms with Crippen LogP contribution in [0, 0.1) is 5.82 Å². The van der Waals surface area contributed by atoms with Gasteiger partial charge >= 0.3 is 0 Å². The summed E-state index contributed by atoms with van der Waals surface area (Å²) in [5, 5.41) is 2.99. The summed E-state index contributed by atoms with van der Waals surface area (Å²) >= 11 is 5.93. The summed E-state index contributed by atoms with van der Waals surface area (Å²) in [5.74, 6) is -0.320. The average molecular weight is 505 g/mol. The summed E-state index contributed by atoms with van der Waals surface area (Å²) in [5.41, 5.74) is 18.3. The summed E-state index contributed by atoms with van der Waals surface area (Å²) in [6.45, 7) is 10.9. The molecule has 0 aromatic heterocycles. The van der Waals surface area contributed by atoms with Gasteiger partial charge in [-0.3, -0.25) is 4.79 Å². The second-order valence-corrected chi connectivity index (χ2v) is 7.71. The van der Waals surface area contributed by atoms with Gasteiger partial charge in [0.25, 0.3) is 5.91 Å². The number of allylic oxidation sites excluding steroid dienone is 2. The maximum absolute atomic E-state index is 13.0. The molecule has 0 fully saturated rings. The maximum atomic E-state index is 13.0. The van der Waals surface area contributed by atoms with Crippen LogP contribution in [0.1, 0.15) is 44.7 Å². The van der Waals surface area contributed by atoms with Gasteiger partial charge in [0.05, 0.1) is 10.6 Å². The highest BCUT2D eigenvalue weighted by molar-refractivity contribution is 6.31. The van der Waals surface area contributed by atoms with Gasteiger partial charge in [-0.15, -0.1) is 0 Å². The van der Waals surface area contributed by atoms with Crippen molar-refractivity contribution in [2.24, 2.45) is 17.2 Å². The zero-order chi connectivity index (χ0) is 26.6. The molecule has 8 heteroatoms. The predicted octanol–water partition coefficient (Wildman–Crippen LogP) is 5.19. The van der Waals surface area contributed by atoms with Crippen LogP contribution < -0.4 is 27.3 Å². The third kappa shape index (κ3) is 14.6. The van der Waals surface area contributed by atoms with Gasteiger partial charge in [0.1, 0.15) is 18.2 Å². The SMILES string of the molecule is C=C(N)c1ccc(CNC(=O)/C(=C/C(Cl)=C\N)COc2ccc(F)cc2)cc1.CCCC.CCN. The number of benzene rings is 2. The second-order valence-electron chi connectivity index (χ2n) is 7.28. The Labute approximate surface area is 213 Å². The second kappa shape index (κ2) is 19.1. The van der Waals surface area contributed by atoms with Gasteiger partial charge in [-0.2, -0.15) is 0 Å². The predicted molar refractivity (Wildman–Crippen MR) is 145 cm³/mol. The van der Waals surface area contributed by atoms with Crippen LogP contribution >= 0.6 is 11.6 Å². The molecule has 1 amide bonds. The Balaban J connectivity index is 0.00000146. The van der Waals surface area contributed by atoms with E-state index in [0.717, 1.165) is 17.7 Å². The van der Waals surface area contributed by atoms with Gasteiger partial charge in [0.15, 0.2) is 0 Å². The molecule has 0 saturated carbocycles. The monoisotopic (exact) mass is 504 g/mol. The summed E-state index contributed by atoms with van der Waals surface area (Å²) < 4.78 is 18.5. The number of halogens is 2. The van der Waals surface area contributed by atoms with Crippen molar-refractivity contribution in [3.63, 3.8) is 0 Å². The Hall–Kier alpha value is -3.29. The largest absolute Gasteiger partial charge is 0.489 e. The van der Waals surface area contributed by atoms with E-state index in [1.807, 2.05) is 31.2 Å². The van der Waals surface area contributed by atoms with Gasteiger partial charge in [-0.1, -0.05) is 76.1 Å². The van der Waals surface area contributed by atoms with Crippen molar-refractivity contribution < 1.29 is 13.9 Å². The molecule has 0 bridgehead atoms. The fraction of sp³-hybridized carbons (Fsp3) is 0.296. The van der Waals surface area contributed by atoms with Crippen LogP contribution in [0.4, 0.5) is 4.39 Å². The number of hydrogen-bond acceptors (Lipinski definition) is 5. The minimum Gasteiger partial charge on any atom is -0.489 e. The molecule has 6 nitrogen and oxygen atoms in total. The molecule has 0 radical (unpaired) electrons. The fourth-order valence-corrected chi connectivity index (χ4v) is 2.34. The van der Waals surface area contributed by atoms with E-state index >= 15 is 0 Å². The summed E-state index contributed by atoms with van der Waals surface area (Å²) in [6.07, 6.45) is 5.23. The van der Waals surface area contributed by atoms with Gasteiger partial charge < -0.3 is 27.3 Å². The lowest BCUT2D eigenvalue weighted by Gasteiger charge is -2.11. The summed E-state index contributed by atoms with van der Waals surface area (Å²) in [6, 6.07) is 12.8. The van der Waals surface area contributed by atoms with Crippen molar-refractivity contribution in [3.8, 4) is 5.75 Å². The molecule has 0 aliphatic heterocycles. The van der Waals surface area contributed by atoms with Crippen LogP contribution in [0.15, 0.2) is 78.0 Å². The molecule has 0 aliphatic rings. The number of hydrogen-bond donors (Lipinski definition) is 4. The van der Waals surface area contributed by atoms with Gasteiger partial charge in [0, 0.05) is 18.4 Å². The molecule has 35 heavy (non-hydrogen) atoms. The number of amides is 1. The fourth-order valence-electron chi connectivity index (χ4n) is 2.21. The molecule has 0 unspecified atom stereocenters. The van der Waals surface area contributed by atoms with E-state index in [0.29, 0.717) is 18.0 Å². The quantitative estimate of drug-likeness (QED) is 0.277. The zero-order valence-electron chi connectivity index (χ0n) is 20.8. The Kier molecular flexibility index (Phi) is 17.3. The molecule has 0 atom stereocenters. The number of rotatable bonds is 9. The molecule has 2 aromatic rings. The highest BCUT2D eigenvalue weighted by Gasteiger charge is 2.11. The minimum absolute atomic E-state index is 0.0620. The number of unbranched alkanes of at least 4 members (excludes halogenated alkanes) is 1. The average Bonchev–Trinajstić information content (AvgIpc) is 2.86. The first-order valence-electron chi connectivity index (χ1n) is 11.4. The van der Waals surface area contributed by atoms with Crippen molar-refractivity contribution >= 4 is 23.2 Å². The standard InChI is InChI=1S/C21H21ClFN3O2.C4H10.C2H7N/c1-14(25)16-4-2-15(3-5-16)12-26-21(27)17(10-18(22)11-24)13-28-20-8-6-19(23)7-9-20;1-3-4-2;1-2-3/h2-11H,1,12-13,24-25H2,(H,26,27);3-4H2,1-2H3;2-3H2,1H3/b17-10+,18-11+;;. The molecule has 0 aliphatic carbocycles. The molecular formula is C27H38ClFN4O2. The lowest BCUT2D eigenvalue weighted by Crippen LogP contribution is -2.27. The Bertz CT molecular complexity index is 941. The molecule has 0 heterocycles. The van der Waals surface area contributed by atoms with Crippen molar-refractivity contribution in [2.45, 2.75) is 40.2 Å². The number of ether oxygens (including phenoxy) is 1. The van der Waals surface area contributed by atoms with Crippen LogP contribution in [0.25, 0.3) is 5.70 Å². The van der Waals surface area contributed by atoms with Crippen molar-refractivity contribution in [2.75, 3.05) is 13.2 Å². The maximum Gasteiger partial charge on any atom is 0.250 e. The lowest BCUT2D eigenvalue weighted by atomic mass is 10.1. The summed E-state index contributed by atoms with van der Waals surface area (Å²) in [4.78, 5) is 12.5. The minimum atomic E-state index is -0.376. The molecule has 0 saturated heterocycles. The Morgan fingerprint density at radius 3 is 2.09 bits per heavy atom. The number of nitrogens with one attached hydrogen (secondary N) is 1. The van der Waals surface area contributed by atoms with Crippen LogP contribution in [-0.2, 0) is 11.3 Å². The van der Waals surface area contributed by atoms with Gasteiger partial charge in [0.2, 0.25) is 0 Å². The molecular weight excluding hydrogens is 467 g/mol. The molecule has 192 valence electrons. The third-order valence-electron chi connectivity index (χ3n) is 4.25. The number of carbonyl (C=O) groups is 1. The number of carbonyl (C=O) groups excluding carboxylic acids is 1. The van der Waals surface area contributed by atoms with E-state index in [2.05, 4.69) is 25.7 Å². The van der Waals surface area contributed by atoms with Gasteiger partial charge in [-0.25, -0.2) is 4.39 Å². The van der Waals surface area contributed by atoms with Crippen molar-refractivity contribution in [3.05, 3.63) is 94.9 Å². The smallest absolute Gasteiger partial charge is 0.250 e. The molecule has 2 rings (SSSR count). The van der Waals surface area contributed by atoms with E-state index < -0.39 is 0 Å². The molecule has 0 spiro atoms. The zero-order valence-corrected chi connectivity index (χ0v) is 21.6. The Morgan fingerprint density at radius 1 is 1.09 bits per heavy atom. The molecule has 2 aromatic carbocycles. The van der Waals surface area contributed by atoms with Crippen molar-refractivity contribution in [1.82, 2.24) is 5.32 Å². The Morgan fingerprint density at radius 2 is 1.63 bits per heavy atom. The summed E-state index contributed by atoms with van der Waals surface area (Å²) in [7, 11) is 0. The van der Waals surface area contributed by atoms with E-state index in [9.17, 15) is 9.18 Å². The highest BCUT2D eigenvalue weighted by atomic mass is 35.5. The van der Waals surface area contributed by atoms with E-state index in [1.165, 1.54) is 49.4 Å². The van der Waals surface area contributed by atoms with E-state index in [-0.39, 0.29) is 28.9 Å².